The number of aromatic nitrogens is 2. The average molecular weight is 594 g/mol. The molecule has 1 aliphatic heterocycles. The summed E-state index contributed by atoms with van der Waals surface area (Å²) in [6, 6.07) is 22.6. The second-order valence-electron chi connectivity index (χ2n) is 11.3. The highest BCUT2D eigenvalue weighted by Crippen LogP contribution is 2.28. The maximum absolute atomic E-state index is 13.9. The number of hydrogen-bond acceptors (Lipinski definition) is 7. The lowest BCUT2D eigenvalue weighted by Gasteiger charge is -2.35. The Morgan fingerprint density at radius 1 is 1.05 bits per heavy atom. The van der Waals surface area contributed by atoms with Crippen LogP contribution in [0, 0.1) is 5.92 Å². The second-order valence-corrected chi connectivity index (χ2v) is 11.3. The number of hydrogen-bond donors (Lipinski definition) is 3. The van der Waals surface area contributed by atoms with Crippen LogP contribution in [0.15, 0.2) is 85.1 Å². The van der Waals surface area contributed by atoms with Crippen LogP contribution >= 0.6 is 0 Å². The fourth-order valence-corrected chi connectivity index (χ4v) is 5.93. The highest BCUT2D eigenvalue weighted by molar-refractivity contribution is 5.98. The number of carbonyl (C=O) groups is 3. The smallest absolute Gasteiger partial charge is 0.270 e. The predicted octanol–water partition coefficient (Wildman–Crippen LogP) is 4.32. The zero-order valence-electron chi connectivity index (χ0n) is 25.1. The molecule has 9 nitrogen and oxygen atoms in total. The molecule has 3 N–H and O–H groups in total. The molecule has 1 aliphatic rings. The van der Waals surface area contributed by atoms with Crippen LogP contribution in [0.25, 0.3) is 22.2 Å². The number of aliphatic hydroxyl groups excluding tert-OH is 1. The number of nitrogens with zero attached hydrogens (tertiary/aromatic N) is 3. The first-order valence-electron chi connectivity index (χ1n) is 15.2. The van der Waals surface area contributed by atoms with Crippen molar-refractivity contribution in [2.75, 3.05) is 20.1 Å². The standard InChI is InChI=1S/C35H39N5O4/c1-3-10-30(39-34(43)29-18-17-23-11-4-5-15-28(23)38-29)35(44)40(2)31-16-9-19-36-22-26(31)33(42)32(41)25-13-8-12-24(21-25)27-14-6-7-20-37-27/h4-8,11-15,17-18,20-21,26,30-32,36,41H,3,9-10,16,19,22H2,1-2H3,(H,39,43). The summed E-state index contributed by atoms with van der Waals surface area (Å²) < 4.78 is 0. The summed E-state index contributed by atoms with van der Waals surface area (Å²) in [6.07, 6.45) is 2.81. The first-order valence-corrected chi connectivity index (χ1v) is 15.2. The van der Waals surface area contributed by atoms with E-state index in [-0.39, 0.29) is 17.4 Å². The molecule has 0 saturated carbocycles. The molecule has 44 heavy (non-hydrogen) atoms. The molecule has 1 fully saturated rings. The Morgan fingerprint density at radius 3 is 2.66 bits per heavy atom. The Morgan fingerprint density at radius 2 is 1.86 bits per heavy atom. The van der Waals surface area contributed by atoms with Gasteiger partial charge in [-0.3, -0.25) is 19.4 Å². The minimum Gasteiger partial charge on any atom is -0.381 e. The van der Waals surface area contributed by atoms with Gasteiger partial charge in [-0.1, -0.05) is 61.9 Å². The van der Waals surface area contributed by atoms with Crippen LogP contribution < -0.4 is 10.6 Å². The summed E-state index contributed by atoms with van der Waals surface area (Å²) in [7, 11) is 1.69. The number of nitrogens with one attached hydrogen (secondary N) is 2. The molecule has 3 heterocycles. The summed E-state index contributed by atoms with van der Waals surface area (Å²) >= 11 is 0. The maximum atomic E-state index is 13.9. The molecule has 1 saturated heterocycles. The molecule has 4 atom stereocenters. The largest absolute Gasteiger partial charge is 0.381 e. The minimum absolute atomic E-state index is 0.239. The van der Waals surface area contributed by atoms with Crippen molar-refractivity contribution in [1.29, 1.82) is 0 Å². The maximum Gasteiger partial charge on any atom is 0.270 e. The number of pyridine rings is 2. The quantitative estimate of drug-likeness (QED) is 0.250. The van der Waals surface area contributed by atoms with Gasteiger partial charge in [-0.2, -0.15) is 0 Å². The number of amides is 2. The first-order chi connectivity index (χ1) is 21.4. The number of benzene rings is 2. The lowest BCUT2D eigenvalue weighted by molar-refractivity contribution is -0.140. The lowest BCUT2D eigenvalue weighted by Crippen LogP contribution is -2.54. The van der Waals surface area contributed by atoms with Crippen molar-refractivity contribution in [3.05, 3.63) is 96.3 Å². The van der Waals surface area contributed by atoms with Crippen molar-refractivity contribution in [1.82, 2.24) is 25.5 Å². The average Bonchev–Trinajstić information content (AvgIpc) is 3.33. The van der Waals surface area contributed by atoms with Crippen LogP contribution in [0.4, 0.5) is 0 Å². The van der Waals surface area contributed by atoms with Crippen molar-refractivity contribution in [3.63, 3.8) is 0 Å². The van der Waals surface area contributed by atoms with E-state index in [0.29, 0.717) is 43.4 Å². The van der Waals surface area contributed by atoms with E-state index < -0.39 is 30.0 Å². The summed E-state index contributed by atoms with van der Waals surface area (Å²) in [6.45, 7) is 3.00. The molecule has 2 amide bonds. The number of carbonyl (C=O) groups excluding carboxylic acids is 3. The van der Waals surface area contributed by atoms with Gasteiger partial charge in [-0.05, 0) is 61.7 Å². The Hall–Kier alpha value is -4.47. The molecule has 4 aromatic rings. The van der Waals surface area contributed by atoms with Gasteiger partial charge in [0.2, 0.25) is 5.91 Å². The molecule has 0 aliphatic carbocycles. The van der Waals surface area contributed by atoms with Crippen LogP contribution in [-0.2, 0) is 9.59 Å². The highest BCUT2D eigenvalue weighted by atomic mass is 16.3. The van der Waals surface area contributed by atoms with Crippen molar-refractivity contribution in [2.45, 2.75) is 50.8 Å². The van der Waals surface area contributed by atoms with E-state index in [1.165, 1.54) is 0 Å². The first kappa shape index (κ1) is 31.0. The molecular weight excluding hydrogens is 554 g/mol. The van der Waals surface area contributed by atoms with Gasteiger partial charge >= 0.3 is 0 Å². The number of aliphatic hydroxyl groups is 1. The Kier molecular flexibility index (Phi) is 10.1. The topological polar surface area (TPSA) is 125 Å². The Bertz CT molecular complexity index is 1610. The van der Waals surface area contributed by atoms with Crippen LogP contribution in [0.5, 0.6) is 0 Å². The molecule has 0 radical (unpaired) electrons. The Labute approximate surface area is 257 Å². The second kappa shape index (κ2) is 14.3. The van der Waals surface area contributed by atoms with Gasteiger partial charge in [0.25, 0.3) is 5.91 Å². The van der Waals surface area contributed by atoms with Gasteiger partial charge in [0.1, 0.15) is 17.8 Å². The van der Waals surface area contributed by atoms with Crippen molar-refractivity contribution in [2.24, 2.45) is 5.92 Å². The highest BCUT2D eigenvalue weighted by Gasteiger charge is 2.39. The summed E-state index contributed by atoms with van der Waals surface area (Å²) in [5.74, 6) is -1.68. The van der Waals surface area contributed by atoms with E-state index in [0.717, 1.165) is 23.1 Å². The van der Waals surface area contributed by atoms with Gasteiger partial charge in [-0.25, -0.2) is 4.98 Å². The van der Waals surface area contributed by atoms with Crippen LogP contribution in [0.1, 0.15) is 54.8 Å². The molecule has 0 bridgehead atoms. The van der Waals surface area contributed by atoms with Gasteiger partial charge in [0.05, 0.1) is 17.1 Å². The monoisotopic (exact) mass is 593 g/mol. The van der Waals surface area contributed by atoms with Crippen LogP contribution in [-0.4, -0.2) is 69.8 Å². The number of Topliss-reactive ketones (excluding diaryl/α,β-unsaturated/α-hetero) is 1. The fourth-order valence-electron chi connectivity index (χ4n) is 5.93. The third-order valence-electron chi connectivity index (χ3n) is 8.34. The lowest BCUT2D eigenvalue weighted by atomic mass is 9.86. The minimum atomic E-state index is -1.36. The van der Waals surface area contributed by atoms with Crippen LogP contribution in [0.3, 0.4) is 0 Å². The van der Waals surface area contributed by atoms with E-state index in [1.54, 1.807) is 42.4 Å². The number of fused-ring (bicyclic) bond motifs is 1. The number of likely N-dealkylation sites (N-methyl/N-ethyl adjacent to an activating group) is 1. The molecule has 0 spiro atoms. The summed E-state index contributed by atoms with van der Waals surface area (Å²) in [5.41, 5.74) is 2.97. The molecule has 2 aromatic carbocycles. The normalized spacial score (nSPS) is 18.2. The number of rotatable bonds is 10. The molecule has 9 heteroatoms. The van der Waals surface area contributed by atoms with Crippen molar-refractivity contribution >= 4 is 28.5 Å². The molecule has 5 rings (SSSR count). The molecule has 2 aromatic heterocycles. The van der Waals surface area contributed by atoms with Crippen molar-refractivity contribution < 1.29 is 19.5 Å². The summed E-state index contributed by atoms with van der Waals surface area (Å²) in [4.78, 5) is 51.5. The zero-order valence-corrected chi connectivity index (χ0v) is 25.1. The fraction of sp³-hybridized carbons (Fsp3) is 0.343. The van der Waals surface area contributed by atoms with Gasteiger partial charge < -0.3 is 20.6 Å². The third kappa shape index (κ3) is 7.01. The van der Waals surface area contributed by atoms with E-state index in [4.69, 9.17) is 0 Å². The van der Waals surface area contributed by atoms with E-state index in [1.807, 2.05) is 61.5 Å². The van der Waals surface area contributed by atoms with Crippen LogP contribution in [0.2, 0.25) is 0 Å². The summed E-state index contributed by atoms with van der Waals surface area (Å²) in [5, 5.41) is 18.4. The van der Waals surface area contributed by atoms with Gasteiger partial charge in [-0.15, -0.1) is 0 Å². The SMILES string of the molecule is CCCC(NC(=O)c1ccc2ccccc2n1)C(=O)N(C)C1CCCNCC1C(=O)C(O)c1cccc(-c2ccccn2)c1. The Balaban J connectivity index is 1.33. The van der Waals surface area contributed by atoms with Crippen molar-refractivity contribution in [3.8, 4) is 11.3 Å². The third-order valence-corrected chi connectivity index (χ3v) is 8.34. The van der Waals surface area contributed by atoms with E-state index >= 15 is 0 Å². The zero-order chi connectivity index (χ0) is 31.1. The van der Waals surface area contributed by atoms with E-state index in [9.17, 15) is 19.5 Å². The number of para-hydroxylation sites is 1. The molecular formula is C35H39N5O4. The van der Waals surface area contributed by atoms with Gasteiger partial charge in [0.15, 0.2) is 5.78 Å². The number of ketones is 1. The van der Waals surface area contributed by atoms with E-state index in [2.05, 4.69) is 20.6 Å². The predicted molar refractivity (Wildman–Crippen MR) is 170 cm³/mol. The van der Waals surface area contributed by atoms with Gasteiger partial charge in [0, 0.05) is 36.8 Å². The molecule has 228 valence electrons. The molecule has 4 unspecified atom stereocenters.